The van der Waals surface area contributed by atoms with Gasteiger partial charge in [-0.15, -0.1) is 0 Å². The third-order valence-electron chi connectivity index (χ3n) is 4.64. The summed E-state index contributed by atoms with van der Waals surface area (Å²) in [5, 5.41) is 1.15. The lowest BCUT2D eigenvalue weighted by atomic mass is 10.0. The molecule has 4 rings (SSSR count). The number of nitrogens with zero attached hydrogens (tertiary/aromatic N) is 2. The van der Waals surface area contributed by atoms with Gasteiger partial charge < -0.3 is 14.4 Å². The first kappa shape index (κ1) is 15.9. The minimum atomic E-state index is 0.704. The molecule has 0 N–H and O–H groups in total. The lowest BCUT2D eigenvalue weighted by Crippen LogP contribution is -2.36. The first-order chi connectivity index (χ1) is 12.3. The van der Waals surface area contributed by atoms with Gasteiger partial charge in [0.05, 0.1) is 25.8 Å². The van der Waals surface area contributed by atoms with Crippen molar-refractivity contribution in [2.75, 3.05) is 38.3 Å². The van der Waals surface area contributed by atoms with Crippen LogP contribution in [0.5, 0.6) is 5.88 Å². The Hall–Kier alpha value is -2.59. The fourth-order valence-electron chi connectivity index (χ4n) is 3.33. The Balaban J connectivity index is 1.71. The van der Waals surface area contributed by atoms with Crippen molar-refractivity contribution < 1.29 is 9.47 Å². The van der Waals surface area contributed by atoms with Crippen LogP contribution in [0.25, 0.3) is 10.9 Å². The van der Waals surface area contributed by atoms with Gasteiger partial charge in [0.2, 0.25) is 5.88 Å². The van der Waals surface area contributed by atoms with Gasteiger partial charge in [-0.1, -0.05) is 30.3 Å². The molecule has 0 atom stereocenters. The van der Waals surface area contributed by atoms with Gasteiger partial charge in [0, 0.05) is 36.1 Å². The Morgan fingerprint density at radius 3 is 2.60 bits per heavy atom. The van der Waals surface area contributed by atoms with Crippen molar-refractivity contribution in [2.24, 2.45) is 0 Å². The predicted octanol–water partition coefficient (Wildman–Crippen LogP) is 3.67. The van der Waals surface area contributed by atoms with Crippen molar-refractivity contribution in [1.29, 1.82) is 0 Å². The van der Waals surface area contributed by atoms with Crippen LogP contribution in [0.1, 0.15) is 11.1 Å². The maximum atomic E-state index is 5.53. The molecule has 0 saturated carbocycles. The summed E-state index contributed by atoms with van der Waals surface area (Å²) < 4.78 is 11.0. The maximum Gasteiger partial charge on any atom is 0.217 e. The summed E-state index contributed by atoms with van der Waals surface area (Å²) in [4.78, 5) is 7.08. The summed E-state index contributed by atoms with van der Waals surface area (Å²) in [5.74, 6) is 0.704. The maximum absolute atomic E-state index is 5.53. The van der Waals surface area contributed by atoms with E-state index in [0.29, 0.717) is 5.88 Å². The van der Waals surface area contributed by atoms with Crippen LogP contribution < -0.4 is 9.64 Å². The van der Waals surface area contributed by atoms with Crippen molar-refractivity contribution in [1.82, 2.24) is 4.98 Å². The lowest BCUT2D eigenvalue weighted by molar-refractivity contribution is 0.122. The zero-order chi connectivity index (χ0) is 17.1. The smallest absolute Gasteiger partial charge is 0.217 e. The molecule has 0 bridgehead atoms. The third-order valence-corrected chi connectivity index (χ3v) is 4.64. The number of pyridine rings is 1. The SMILES string of the molecule is COc1nc2ccc(N3CCOCC3)cc2cc1Cc1ccccc1. The highest BCUT2D eigenvalue weighted by Crippen LogP contribution is 2.28. The highest BCUT2D eigenvalue weighted by atomic mass is 16.5. The molecule has 0 spiro atoms. The van der Waals surface area contributed by atoms with Crippen molar-refractivity contribution in [3.05, 3.63) is 65.7 Å². The van der Waals surface area contributed by atoms with E-state index in [0.717, 1.165) is 49.2 Å². The van der Waals surface area contributed by atoms with Gasteiger partial charge in [-0.2, -0.15) is 0 Å². The fourth-order valence-corrected chi connectivity index (χ4v) is 3.33. The molecule has 1 aliphatic rings. The van der Waals surface area contributed by atoms with Gasteiger partial charge in [0.15, 0.2) is 0 Å². The molecule has 4 nitrogen and oxygen atoms in total. The molecule has 1 aromatic heterocycles. The Morgan fingerprint density at radius 1 is 1.04 bits per heavy atom. The topological polar surface area (TPSA) is 34.6 Å². The molecule has 0 aliphatic carbocycles. The number of benzene rings is 2. The first-order valence-electron chi connectivity index (χ1n) is 8.68. The molecular formula is C21H22N2O2. The van der Waals surface area contributed by atoms with Crippen molar-refractivity contribution in [3.8, 4) is 5.88 Å². The Bertz CT molecular complexity index is 858. The van der Waals surface area contributed by atoms with E-state index in [4.69, 9.17) is 14.5 Å². The highest BCUT2D eigenvalue weighted by Gasteiger charge is 2.13. The van der Waals surface area contributed by atoms with Crippen molar-refractivity contribution >= 4 is 16.6 Å². The Morgan fingerprint density at radius 2 is 1.84 bits per heavy atom. The van der Waals surface area contributed by atoms with Gasteiger partial charge in [0.25, 0.3) is 0 Å². The molecule has 1 aliphatic heterocycles. The summed E-state index contributed by atoms with van der Waals surface area (Å²) in [6, 6.07) is 19.1. The number of hydrogen-bond donors (Lipinski definition) is 0. The summed E-state index contributed by atoms with van der Waals surface area (Å²) >= 11 is 0. The van der Waals surface area contributed by atoms with Gasteiger partial charge in [-0.25, -0.2) is 4.98 Å². The van der Waals surface area contributed by atoms with Crippen LogP contribution in [0.4, 0.5) is 5.69 Å². The standard InChI is InChI=1S/C21H22N2O2/c1-24-21-18(13-16-5-3-2-4-6-16)14-17-15-19(7-8-20(17)22-21)23-9-11-25-12-10-23/h2-8,14-15H,9-13H2,1H3. The minimum Gasteiger partial charge on any atom is -0.481 e. The number of rotatable bonds is 4. The minimum absolute atomic E-state index is 0.704. The number of anilines is 1. The lowest BCUT2D eigenvalue weighted by Gasteiger charge is -2.29. The number of morpholine rings is 1. The molecule has 0 amide bonds. The van der Waals surface area contributed by atoms with Crippen LogP contribution in [-0.2, 0) is 11.2 Å². The van der Waals surface area contributed by atoms with Crippen LogP contribution in [0.3, 0.4) is 0 Å². The van der Waals surface area contributed by atoms with E-state index in [1.165, 1.54) is 11.3 Å². The molecule has 1 fully saturated rings. The summed E-state index contributed by atoms with van der Waals surface area (Å²) in [6.07, 6.45) is 0.814. The van der Waals surface area contributed by atoms with E-state index in [1.54, 1.807) is 7.11 Å². The van der Waals surface area contributed by atoms with Crippen molar-refractivity contribution in [2.45, 2.75) is 6.42 Å². The predicted molar refractivity (Wildman–Crippen MR) is 101 cm³/mol. The van der Waals surface area contributed by atoms with E-state index in [2.05, 4.69) is 53.4 Å². The number of hydrogen-bond acceptors (Lipinski definition) is 4. The molecule has 2 aromatic carbocycles. The molecule has 3 aromatic rings. The van der Waals surface area contributed by atoms with Gasteiger partial charge in [0.1, 0.15) is 0 Å². The zero-order valence-corrected chi connectivity index (χ0v) is 14.4. The summed E-state index contributed by atoms with van der Waals surface area (Å²) in [6.45, 7) is 3.45. The second kappa shape index (κ2) is 7.11. The molecular weight excluding hydrogens is 312 g/mol. The molecule has 0 unspecified atom stereocenters. The monoisotopic (exact) mass is 334 g/mol. The third kappa shape index (κ3) is 3.44. The van der Waals surface area contributed by atoms with Crippen LogP contribution in [0.2, 0.25) is 0 Å². The molecule has 1 saturated heterocycles. The van der Waals surface area contributed by atoms with Crippen LogP contribution in [0, 0.1) is 0 Å². The van der Waals surface area contributed by atoms with Gasteiger partial charge in [-0.3, -0.25) is 0 Å². The number of aromatic nitrogens is 1. The quantitative estimate of drug-likeness (QED) is 0.729. The normalized spacial score (nSPS) is 14.7. The molecule has 128 valence electrons. The molecule has 4 heteroatoms. The molecule has 2 heterocycles. The second-order valence-electron chi connectivity index (χ2n) is 6.30. The summed E-state index contributed by atoms with van der Waals surface area (Å²) in [5.41, 5.74) is 4.56. The van der Waals surface area contributed by atoms with Crippen molar-refractivity contribution in [3.63, 3.8) is 0 Å². The second-order valence-corrected chi connectivity index (χ2v) is 6.30. The fraction of sp³-hybridized carbons (Fsp3) is 0.286. The Labute approximate surface area is 148 Å². The number of fused-ring (bicyclic) bond motifs is 1. The van der Waals surface area contributed by atoms with E-state index in [-0.39, 0.29) is 0 Å². The van der Waals surface area contributed by atoms with Crippen LogP contribution in [0.15, 0.2) is 54.6 Å². The zero-order valence-electron chi connectivity index (χ0n) is 14.4. The largest absolute Gasteiger partial charge is 0.481 e. The average molecular weight is 334 g/mol. The first-order valence-corrected chi connectivity index (χ1v) is 8.68. The van der Waals surface area contributed by atoms with Crippen LogP contribution >= 0.6 is 0 Å². The average Bonchev–Trinajstić information content (AvgIpc) is 2.68. The van der Waals surface area contributed by atoms with E-state index < -0.39 is 0 Å². The molecule has 25 heavy (non-hydrogen) atoms. The van der Waals surface area contributed by atoms with E-state index >= 15 is 0 Å². The van der Waals surface area contributed by atoms with Crippen LogP contribution in [-0.4, -0.2) is 38.4 Å². The van der Waals surface area contributed by atoms with Gasteiger partial charge in [-0.05, 0) is 29.8 Å². The van der Waals surface area contributed by atoms with E-state index in [9.17, 15) is 0 Å². The molecule has 0 radical (unpaired) electrons. The number of ether oxygens (including phenoxy) is 2. The Kier molecular flexibility index (Phi) is 4.53. The van der Waals surface area contributed by atoms with Gasteiger partial charge >= 0.3 is 0 Å². The summed E-state index contributed by atoms with van der Waals surface area (Å²) in [7, 11) is 1.69. The van der Waals surface area contributed by atoms with E-state index in [1.807, 2.05) is 6.07 Å². The number of methoxy groups -OCH3 is 1. The highest BCUT2D eigenvalue weighted by molar-refractivity contribution is 5.84.